The molecular formula is C32H33BrN6O2. The fourth-order valence-electron chi connectivity index (χ4n) is 5.84. The molecule has 0 spiro atoms. The van der Waals surface area contributed by atoms with Crippen molar-refractivity contribution in [1.29, 1.82) is 0 Å². The first-order valence-corrected chi connectivity index (χ1v) is 14.7. The number of fused-ring (bicyclic) bond motifs is 3. The zero-order valence-electron chi connectivity index (χ0n) is 23.9. The molecule has 1 atom stereocenters. The van der Waals surface area contributed by atoms with Crippen molar-refractivity contribution in [1.82, 2.24) is 28.6 Å². The van der Waals surface area contributed by atoms with Gasteiger partial charge in [0, 0.05) is 34.3 Å². The number of carbonyl (C=O) groups is 1. The molecule has 0 unspecified atom stereocenters. The SMILES string of the molecule is Cc1cc(C(=O)N2Cc3c(c(=O)n(-c4ccc(-c5cncn5C)cc4)c4c(CC(C)C)cnn34)C[C@@H]2C)ccc1Br. The average molecular weight is 614 g/mol. The number of aromatic nitrogens is 5. The maximum absolute atomic E-state index is 14.3. The third-order valence-electron chi connectivity index (χ3n) is 7.98. The van der Waals surface area contributed by atoms with Gasteiger partial charge in [-0.25, -0.2) is 9.50 Å². The van der Waals surface area contributed by atoms with Gasteiger partial charge < -0.3 is 9.47 Å². The highest BCUT2D eigenvalue weighted by Crippen LogP contribution is 2.29. The van der Waals surface area contributed by atoms with Crippen molar-refractivity contribution in [3.63, 3.8) is 0 Å². The molecule has 1 aliphatic rings. The Hall–Kier alpha value is -3.98. The van der Waals surface area contributed by atoms with E-state index in [4.69, 9.17) is 5.10 Å². The van der Waals surface area contributed by atoms with E-state index < -0.39 is 0 Å². The highest BCUT2D eigenvalue weighted by atomic mass is 79.9. The van der Waals surface area contributed by atoms with Gasteiger partial charge in [-0.05, 0) is 74.1 Å². The summed E-state index contributed by atoms with van der Waals surface area (Å²) in [4.78, 5) is 34.1. The lowest BCUT2D eigenvalue weighted by atomic mass is 9.97. The summed E-state index contributed by atoms with van der Waals surface area (Å²) in [6.45, 7) is 8.63. The van der Waals surface area contributed by atoms with Crippen LogP contribution in [0.2, 0.25) is 0 Å². The van der Waals surface area contributed by atoms with Gasteiger partial charge in [0.05, 0.1) is 42.3 Å². The van der Waals surface area contributed by atoms with E-state index in [9.17, 15) is 9.59 Å². The number of imidazole rings is 1. The third-order valence-corrected chi connectivity index (χ3v) is 8.87. The Balaban J connectivity index is 1.49. The lowest BCUT2D eigenvalue weighted by Gasteiger charge is -2.35. The van der Waals surface area contributed by atoms with Crippen LogP contribution in [0.1, 0.15) is 53.5 Å². The van der Waals surface area contributed by atoms with E-state index in [0.717, 1.165) is 50.3 Å². The third kappa shape index (κ3) is 4.72. The molecule has 5 aromatic rings. The minimum absolute atomic E-state index is 0.0450. The number of aryl methyl sites for hydroxylation is 2. The average Bonchev–Trinajstić information content (AvgIpc) is 3.56. The molecule has 0 bridgehead atoms. The van der Waals surface area contributed by atoms with Crippen molar-refractivity contribution in [3.05, 3.63) is 104 Å². The normalized spacial score (nSPS) is 15.1. The second-order valence-corrected chi connectivity index (χ2v) is 12.3. The van der Waals surface area contributed by atoms with E-state index in [1.54, 1.807) is 10.9 Å². The van der Waals surface area contributed by atoms with Crippen LogP contribution in [-0.4, -0.2) is 40.6 Å². The molecule has 0 N–H and O–H groups in total. The molecule has 1 amide bonds. The zero-order valence-corrected chi connectivity index (χ0v) is 25.5. The quantitative estimate of drug-likeness (QED) is 0.253. The first kappa shape index (κ1) is 27.2. The summed E-state index contributed by atoms with van der Waals surface area (Å²) in [6.07, 6.45) is 6.72. The number of nitrogens with zero attached hydrogens (tertiary/aromatic N) is 6. The smallest absolute Gasteiger partial charge is 0.261 e. The summed E-state index contributed by atoms with van der Waals surface area (Å²) in [5.41, 5.74) is 7.67. The fourth-order valence-corrected chi connectivity index (χ4v) is 6.09. The number of carbonyl (C=O) groups excluding carboxylic acids is 1. The van der Waals surface area contributed by atoms with Gasteiger partial charge in [-0.1, -0.05) is 41.9 Å². The lowest BCUT2D eigenvalue weighted by molar-refractivity contribution is 0.0651. The van der Waals surface area contributed by atoms with Gasteiger partial charge >= 0.3 is 0 Å². The van der Waals surface area contributed by atoms with Crippen LogP contribution >= 0.6 is 15.9 Å². The Morgan fingerprint density at radius 1 is 1.12 bits per heavy atom. The summed E-state index contributed by atoms with van der Waals surface area (Å²) in [5.74, 6) is 0.338. The highest BCUT2D eigenvalue weighted by Gasteiger charge is 2.33. The van der Waals surface area contributed by atoms with Crippen molar-refractivity contribution in [2.45, 2.75) is 53.1 Å². The summed E-state index contributed by atoms with van der Waals surface area (Å²) in [7, 11) is 1.96. The van der Waals surface area contributed by atoms with Gasteiger partial charge in [0.25, 0.3) is 11.5 Å². The first-order valence-electron chi connectivity index (χ1n) is 13.9. The monoisotopic (exact) mass is 612 g/mol. The van der Waals surface area contributed by atoms with Crippen molar-refractivity contribution in [3.8, 4) is 16.9 Å². The second kappa shape index (κ2) is 10.4. The van der Waals surface area contributed by atoms with Crippen molar-refractivity contribution < 1.29 is 4.79 Å². The molecule has 2 aromatic carbocycles. The van der Waals surface area contributed by atoms with Crippen molar-refractivity contribution >= 4 is 27.5 Å². The maximum Gasteiger partial charge on any atom is 0.261 e. The van der Waals surface area contributed by atoms with Crippen LogP contribution in [0.15, 0.2) is 70.5 Å². The predicted octanol–water partition coefficient (Wildman–Crippen LogP) is 5.74. The lowest BCUT2D eigenvalue weighted by Crippen LogP contribution is -2.46. The van der Waals surface area contributed by atoms with Gasteiger partial charge in [0.1, 0.15) is 5.65 Å². The molecule has 1 aliphatic heterocycles. The summed E-state index contributed by atoms with van der Waals surface area (Å²) >= 11 is 3.53. The van der Waals surface area contributed by atoms with Crippen LogP contribution in [0.4, 0.5) is 0 Å². The zero-order chi connectivity index (χ0) is 29.0. The van der Waals surface area contributed by atoms with Gasteiger partial charge in [0.2, 0.25) is 0 Å². The molecule has 0 radical (unpaired) electrons. The molecule has 4 heterocycles. The molecule has 0 saturated heterocycles. The van der Waals surface area contributed by atoms with Crippen molar-refractivity contribution in [2.24, 2.45) is 13.0 Å². The maximum atomic E-state index is 14.3. The first-order chi connectivity index (χ1) is 19.6. The number of rotatable bonds is 5. The van der Waals surface area contributed by atoms with E-state index in [1.807, 2.05) is 89.7 Å². The molecule has 0 aliphatic carbocycles. The molecule has 41 heavy (non-hydrogen) atoms. The second-order valence-electron chi connectivity index (χ2n) is 11.5. The molecule has 9 heteroatoms. The summed E-state index contributed by atoms with van der Waals surface area (Å²) in [5, 5.41) is 4.80. The van der Waals surface area contributed by atoms with Crippen molar-refractivity contribution in [2.75, 3.05) is 0 Å². The number of hydrogen-bond acceptors (Lipinski definition) is 4. The Morgan fingerprint density at radius 2 is 1.88 bits per heavy atom. The molecular weight excluding hydrogens is 580 g/mol. The van der Waals surface area contributed by atoms with Gasteiger partial charge in [-0.3, -0.25) is 14.2 Å². The van der Waals surface area contributed by atoms with Crippen LogP contribution in [0.25, 0.3) is 22.6 Å². The predicted molar refractivity (Wildman–Crippen MR) is 163 cm³/mol. The highest BCUT2D eigenvalue weighted by molar-refractivity contribution is 9.10. The minimum Gasteiger partial charge on any atom is -0.334 e. The number of benzene rings is 2. The Morgan fingerprint density at radius 3 is 2.54 bits per heavy atom. The topological polar surface area (TPSA) is 77.4 Å². The molecule has 210 valence electrons. The molecule has 3 aromatic heterocycles. The minimum atomic E-state index is -0.143. The Kier molecular flexibility index (Phi) is 6.93. The van der Waals surface area contributed by atoms with Crippen LogP contribution in [0, 0.1) is 12.8 Å². The molecule has 6 rings (SSSR count). The van der Waals surface area contributed by atoms with E-state index in [2.05, 4.69) is 34.8 Å². The van der Waals surface area contributed by atoms with E-state index in [1.165, 1.54) is 0 Å². The Labute approximate surface area is 247 Å². The molecule has 0 saturated carbocycles. The fraction of sp³-hybridized carbons (Fsp3) is 0.312. The van der Waals surface area contributed by atoms with Crippen LogP contribution < -0.4 is 5.56 Å². The van der Waals surface area contributed by atoms with Gasteiger partial charge in [0.15, 0.2) is 0 Å². The van der Waals surface area contributed by atoms with Gasteiger partial charge in [-0.15, -0.1) is 0 Å². The van der Waals surface area contributed by atoms with E-state index in [0.29, 0.717) is 30.0 Å². The molecule has 8 nitrogen and oxygen atoms in total. The van der Waals surface area contributed by atoms with Crippen LogP contribution in [0.5, 0.6) is 0 Å². The van der Waals surface area contributed by atoms with E-state index >= 15 is 0 Å². The van der Waals surface area contributed by atoms with Crippen LogP contribution in [-0.2, 0) is 26.4 Å². The molecule has 0 fully saturated rings. The van der Waals surface area contributed by atoms with Crippen LogP contribution in [0.3, 0.4) is 0 Å². The standard InChI is InChI=1S/C32H33BrN6O2/c1-19(2)12-24-15-35-39-29-17-37(31(40)23-8-11-27(33)20(3)13-23)21(4)14-26(29)32(41)38(30(24)39)25-9-6-22(7-10-25)28-16-34-18-36(28)5/h6-11,13,15-16,18-19,21H,12,14,17H2,1-5H3/t21-/m0/s1. The number of halogens is 1. The summed E-state index contributed by atoms with van der Waals surface area (Å²) < 4.78 is 6.64. The number of hydrogen-bond donors (Lipinski definition) is 0. The number of amides is 1. The van der Waals surface area contributed by atoms with Gasteiger partial charge in [-0.2, -0.15) is 5.10 Å². The largest absolute Gasteiger partial charge is 0.334 e. The van der Waals surface area contributed by atoms with E-state index in [-0.39, 0.29) is 17.5 Å². The Bertz CT molecular complexity index is 1850. The summed E-state index contributed by atoms with van der Waals surface area (Å²) in [6, 6.07) is 13.5.